The maximum absolute atomic E-state index is 12.7. The first-order valence-corrected chi connectivity index (χ1v) is 6.44. The standard InChI is InChI=1S/C15H11ClF3NO/c16-12-6-8-13(9-7-12)20(14(21)15(17,18)19)10-11-4-2-1-3-5-11/h1-9H,10H2. The Labute approximate surface area is 124 Å². The lowest BCUT2D eigenvalue weighted by Gasteiger charge is -2.24. The molecule has 0 aliphatic rings. The number of hydrogen-bond acceptors (Lipinski definition) is 1. The van der Waals surface area contributed by atoms with Crippen LogP contribution in [-0.4, -0.2) is 12.1 Å². The molecule has 2 aromatic rings. The largest absolute Gasteiger partial charge is 0.471 e. The maximum Gasteiger partial charge on any atom is 0.471 e. The topological polar surface area (TPSA) is 20.3 Å². The summed E-state index contributed by atoms with van der Waals surface area (Å²) in [5.41, 5.74) is 0.746. The van der Waals surface area contributed by atoms with E-state index in [1.54, 1.807) is 30.3 Å². The number of carbonyl (C=O) groups is 1. The summed E-state index contributed by atoms with van der Waals surface area (Å²) in [4.78, 5) is 12.3. The molecule has 21 heavy (non-hydrogen) atoms. The summed E-state index contributed by atoms with van der Waals surface area (Å²) in [6.07, 6.45) is -4.94. The molecule has 0 radical (unpaired) electrons. The van der Waals surface area contributed by atoms with Gasteiger partial charge in [0.25, 0.3) is 0 Å². The Balaban J connectivity index is 2.35. The second-order valence-electron chi connectivity index (χ2n) is 4.35. The van der Waals surface area contributed by atoms with Gasteiger partial charge in [-0.15, -0.1) is 0 Å². The predicted octanol–water partition coefficient (Wildman–Crippen LogP) is 4.44. The van der Waals surface area contributed by atoms with Crippen molar-refractivity contribution in [3.63, 3.8) is 0 Å². The Morgan fingerprint density at radius 1 is 1.00 bits per heavy atom. The number of nitrogens with zero attached hydrogens (tertiary/aromatic N) is 1. The van der Waals surface area contributed by atoms with E-state index in [0.29, 0.717) is 15.5 Å². The highest BCUT2D eigenvalue weighted by molar-refractivity contribution is 6.30. The molecule has 2 aromatic carbocycles. The number of halogens is 4. The zero-order chi connectivity index (χ0) is 15.5. The van der Waals surface area contributed by atoms with Gasteiger partial charge < -0.3 is 4.90 Å². The van der Waals surface area contributed by atoms with Crippen LogP contribution in [0.3, 0.4) is 0 Å². The number of amides is 1. The summed E-state index contributed by atoms with van der Waals surface area (Å²) in [7, 11) is 0. The minimum absolute atomic E-state index is 0.144. The van der Waals surface area contributed by atoms with E-state index >= 15 is 0 Å². The number of anilines is 1. The normalized spacial score (nSPS) is 11.2. The average Bonchev–Trinajstić information content (AvgIpc) is 2.45. The third-order valence-electron chi connectivity index (χ3n) is 2.81. The maximum atomic E-state index is 12.7. The summed E-state index contributed by atoms with van der Waals surface area (Å²) < 4.78 is 38.2. The van der Waals surface area contributed by atoms with Crippen LogP contribution in [0, 0.1) is 0 Å². The van der Waals surface area contributed by atoms with Crippen LogP contribution >= 0.6 is 11.6 Å². The van der Waals surface area contributed by atoms with Crippen LogP contribution in [0.2, 0.25) is 5.02 Å². The van der Waals surface area contributed by atoms with Gasteiger partial charge in [0, 0.05) is 10.7 Å². The molecular formula is C15H11ClF3NO. The molecule has 6 heteroatoms. The second-order valence-corrected chi connectivity index (χ2v) is 4.79. The number of alkyl halides is 3. The summed E-state index contributed by atoms with van der Waals surface area (Å²) in [6.45, 7) is -0.166. The van der Waals surface area contributed by atoms with Crippen molar-refractivity contribution >= 4 is 23.2 Å². The average molecular weight is 314 g/mol. The van der Waals surface area contributed by atoms with Gasteiger partial charge in [-0.1, -0.05) is 41.9 Å². The fraction of sp³-hybridized carbons (Fsp3) is 0.133. The molecule has 0 aliphatic carbocycles. The molecule has 0 saturated heterocycles. The van der Waals surface area contributed by atoms with E-state index in [1.165, 1.54) is 24.3 Å². The van der Waals surface area contributed by atoms with Crippen LogP contribution in [0.15, 0.2) is 54.6 Å². The SMILES string of the molecule is O=C(N(Cc1ccccc1)c1ccc(Cl)cc1)C(F)(F)F. The minimum Gasteiger partial charge on any atom is -0.300 e. The van der Waals surface area contributed by atoms with Crippen LogP contribution < -0.4 is 4.90 Å². The third kappa shape index (κ3) is 3.98. The Kier molecular flexibility index (Phi) is 4.53. The first-order chi connectivity index (χ1) is 9.88. The molecule has 0 bridgehead atoms. The molecule has 2 rings (SSSR count). The molecule has 0 heterocycles. The van der Waals surface area contributed by atoms with Crippen molar-refractivity contribution in [1.82, 2.24) is 0 Å². The lowest BCUT2D eigenvalue weighted by Crippen LogP contribution is -2.40. The molecule has 0 unspecified atom stereocenters. The van der Waals surface area contributed by atoms with Gasteiger partial charge in [-0.25, -0.2) is 0 Å². The van der Waals surface area contributed by atoms with E-state index in [4.69, 9.17) is 11.6 Å². The van der Waals surface area contributed by atoms with Gasteiger partial charge in [0.05, 0.1) is 6.54 Å². The Hall–Kier alpha value is -2.01. The monoisotopic (exact) mass is 313 g/mol. The van der Waals surface area contributed by atoms with Crippen LogP contribution in [-0.2, 0) is 11.3 Å². The zero-order valence-corrected chi connectivity index (χ0v) is 11.5. The fourth-order valence-corrected chi connectivity index (χ4v) is 1.95. The third-order valence-corrected chi connectivity index (χ3v) is 3.06. The fourth-order valence-electron chi connectivity index (χ4n) is 1.82. The van der Waals surface area contributed by atoms with E-state index in [0.717, 1.165) is 0 Å². The highest BCUT2D eigenvalue weighted by Crippen LogP contribution is 2.26. The van der Waals surface area contributed by atoms with Crippen molar-refractivity contribution in [3.8, 4) is 0 Å². The van der Waals surface area contributed by atoms with E-state index in [1.807, 2.05) is 0 Å². The van der Waals surface area contributed by atoms with Gasteiger partial charge >= 0.3 is 12.1 Å². The van der Waals surface area contributed by atoms with Crippen molar-refractivity contribution in [1.29, 1.82) is 0 Å². The molecule has 0 saturated carbocycles. The van der Waals surface area contributed by atoms with E-state index in [-0.39, 0.29) is 12.2 Å². The molecule has 0 aromatic heterocycles. The molecule has 0 atom stereocenters. The van der Waals surface area contributed by atoms with Gasteiger partial charge in [0.15, 0.2) is 0 Å². The molecule has 110 valence electrons. The smallest absolute Gasteiger partial charge is 0.300 e. The van der Waals surface area contributed by atoms with Crippen LogP contribution in [0.1, 0.15) is 5.56 Å². The first kappa shape index (κ1) is 15.4. The van der Waals surface area contributed by atoms with Crippen LogP contribution in [0.25, 0.3) is 0 Å². The van der Waals surface area contributed by atoms with Gasteiger partial charge in [-0.05, 0) is 29.8 Å². The highest BCUT2D eigenvalue weighted by atomic mass is 35.5. The second kappa shape index (κ2) is 6.18. The van der Waals surface area contributed by atoms with E-state index in [2.05, 4.69) is 0 Å². The highest BCUT2D eigenvalue weighted by Gasteiger charge is 2.43. The molecule has 2 nitrogen and oxygen atoms in total. The quantitative estimate of drug-likeness (QED) is 0.820. The van der Waals surface area contributed by atoms with Gasteiger partial charge in [-0.2, -0.15) is 13.2 Å². The van der Waals surface area contributed by atoms with Gasteiger partial charge in [-0.3, -0.25) is 4.79 Å². The van der Waals surface area contributed by atoms with Crippen molar-refractivity contribution in [3.05, 3.63) is 65.2 Å². The summed E-state index contributed by atoms with van der Waals surface area (Å²) >= 11 is 5.72. The number of rotatable bonds is 3. The van der Waals surface area contributed by atoms with Gasteiger partial charge in [0.2, 0.25) is 0 Å². The lowest BCUT2D eigenvalue weighted by atomic mass is 10.2. The predicted molar refractivity (Wildman–Crippen MR) is 75.1 cm³/mol. The number of carbonyl (C=O) groups excluding carboxylic acids is 1. The van der Waals surface area contributed by atoms with Crippen molar-refractivity contribution in [2.75, 3.05) is 4.90 Å². The van der Waals surface area contributed by atoms with Gasteiger partial charge in [0.1, 0.15) is 0 Å². The molecule has 0 aliphatic heterocycles. The Morgan fingerprint density at radius 2 is 1.57 bits per heavy atom. The van der Waals surface area contributed by atoms with Crippen molar-refractivity contribution in [2.24, 2.45) is 0 Å². The molecule has 0 N–H and O–H groups in total. The summed E-state index contributed by atoms with van der Waals surface area (Å²) in [6, 6.07) is 14.1. The summed E-state index contributed by atoms with van der Waals surface area (Å²) in [5, 5.41) is 0.387. The number of benzene rings is 2. The first-order valence-electron chi connectivity index (χ1n) is 6.06. The number of hydrogen-bond donors (Lipinski definition) is 0. The van der Waals surface area contributed by atoms with E-state index in [9.17, 15) is 18.0 Å². The summed E-state index contributed by atoms with van der Waals surface area (Å²) in [5.74, 6) is -1.91. The molecular weight excluding hydrogens is 303 g/mol. The zero-order valence-electron chi connectivity index (χ0n) is 10.8. The van der Waals surface area contributed by atoms with Crippen LogP contribution in [0.4, 0.5) is 18.9 Å². The van der Waals surface area contributed by atoms with Crippen molar-refractivity contribution in [2.45, 2.75) is 12.7 Å². The molecule has 0 fully saturated rings. The van der Waals surface area contributed by atoms with E-state index < -0.39 is 12.1 Å². The molecule has 0 spiro atoms. The lowest BCUT2D eigenvalue weighted by molar-refractivity contribution is -0.170. The minimum atomic E-state index is -4.94. The van der Waals surface area contributed by atoms with Crippen LogP contribution in [0.5, 0.6) is 0 Å². The molecule has 1 amide bonds. The van der Waals surface area contributed by atoms with Crippen molar-refractivity contribution < 1.29 is 18.0 Å². The Bertz CT molecular complexity index is 611. The Morgan fingerprint density at radius 3 is 2.10 bits per heavy atom.